The molecule has 1 N–H and O–H groups in total. The van der Waals surface area contributed by atoms with Gasteiger partial charge in [-0.2, -0.15) is 5.10 Å². The van der Waals surface area contributed by atoms with Crippen molar-refractivity contribution in [1.82, 2.24) is 14.8 Å². The van der Waals surface area contributed by atoms with Gasteiger partial charge in [-0.05, 0) is 26.8 Å². The summed E-state index contributed by atoms with van der Waals surface area (Å²) in [6.45, 7) is 6.05. The first-order valence-corrected chi connectivity index (χ1v) is 6.66. The first-order chi connectivity index (χ1) is 9.01. The van der Waals surface area contributed by atoms with Crippen LogP contribution in [-0.4, -0.2) is 20.7 Å². The molecule has 0 saturated heterocycles. The number of rotatable bonds is 3. The molecule has 0 saturated carbocycles. The Morgan fingerprint density at radius 1 is 1.42 bits per heavy atom. The van der Waals surface area contributed by atoms with E-state index in [1.54, 1.807) is 6.92 Å². The highest BCUT2D eigenvalue weighted by atomic mass is 32.1. The van der Waals surface area contributed by atoms with Crippen LogP contribution in [0.1, 0.15) is 28.0 Å². The molecule has 2 aromatic heterocycles. The number of aromatic nitrogens is 3. The second kappa shape index (κ2) is 5.31. The highest BCUT2D eigenvalue weighted by Crippen LogP contribution is 2.21. The Hall–Kier alpha value is -2.02. The van der Waals surface area contributed by atoms with Crippen molar-refractivity contribution < 1.29 is 4.79 Å². The van der Waals surface area contributed by atoms with Gasteiger partial charge in [-0.25, -0.2) is 9.67 Å². The molecule has 0 bridgehead atoms. The van der Waals surface area contributed by atoms with Gasteiger partial charge < -0.3 is 0 Å². The predicted molar refractivity (Wildman–Crippen MR) is 73.7 cm³/mol. The van der Waals surface area contributed by atoms with Crippen molar-refractivity contribution in [3.8, 4) is 0 Å². The molecule has 0 aliphatic heterocycles. The molecule has 0 atom stereocenters. The highest BCUT2D eigenvalue weighted by molar-refractivity contribution is 7.15. The maximum absolute atomic E-state index is 12.0. The van der Waals surface area contributed by atoms with Gasteiger partial charge in [-0.15, -0.1) is 11.3 Å². The second-order valence-electron chi connectivity index (χ2n) is 3.99. The Morgan fingerprint density at radius 2 is 2.16 bits per heavy atom. The van der Waals surface area contributed by atoms with E-state index >= 15 is 0 Å². The minimum atomic E-state index is -0.365. The van der Waals surface area contributed by atoms with Gasteiger partial charge in [0.1, 0.15) is 5.69 Å². The summed E-state index contributed by atoms with van der Waals surface area (Å²) in [4.78, 5) is 28.7. The Labute approximate surface area is 114 Å². The molecule has 0 fully saturated rings. The standard InChI is InChI=1S/C12H14N4O2S/c1-4-16-10(17)6-5-9(15-16)11(18)14-12-13-7(2)8(3)19-12/h5-6H,4H2,1-3H3,(H,13,14,18). The average molecular weight is 278 g/mol. The lowest BCUT2D eigenvalue weighted by molar-refractivity contribution is 0.102. The Kier molecular flexibility index (Phi) is 3.75. The lowest BCUT2D eigenvalue weighted by atomic mass is 10.3. The average Bonchev–Trinajstić information content (AvgIpc) is 2.68. The van der Waals surface area contributed by atoms with Crippen LogP contribution >= 0.6 is 11.3 Å². The molecule has 0 unspecified atom stereocenters. The van der Waals surface area contributed by atoms with Gasteiger partial charge in [-0.1, -0.05) is 0 Å². The number of hydrogen-bond donors (Lipinski definition) is 1. The molecule has 7 heteroatoms. The number of hydrogen-bond acceptors (Lipinski definition) is 5. The van der Waals surface area contributed by atoms with Crippen LogP contribution < -0.4 is 10.9 Å². The lowest BCUT2D eigenvalue weighted by Gasteiger charge is -2.03. The van der Waals surface area contributed by atoms with Gasteiger partial charge >= 0.3 is 0 Å². The fourth-order valence-corrected chi connectivity index (χ4v) is 2.29. The van der Waals surface area contributed by atoms with Crippen LogP contribution in [0.2, 0.25) is 0 Å². The van der Waals surface area contributed by atoms with Crippen LogP contribution in [0.3, 0.4) is 0 Å². The van der Waals surface area contributed by atoms with Crippen molar-refractivity contribution >= 4 is 22.4 Å². The molecule has 6 nitrogen and oxygen atoms in total. The summed E-state index contributed by atoms with van der Waals surface area (Å²) in [5.74, 6) is -0.365. The lowest BCUT2D eigenvalue weighted by Crippen LogP contribution is -2.25. The van der Waals surface area contributed by atoms with Crippen molar-refractivity contribution in [3.05, 3.63) is 38.8 Å². The van der Waals surface area contributed by atoms with Crippen LogP contribution in [0.5, 0.6) is 0 Å². The second-order valence-corrected chi connectivity index (χ2v) is 5.19. The molecule has 2 aromatic rings. The number of carbonyl (C=O) groups is 1. The Morgan fingerprint density at radius 3 is 2.74 bits per heavy atom. The van der Waals surface area contributed by atoms with Crippen molar-refractivity contribution in [2.45, 2.75) is 27.3 Å². The van der Waals surface area contributed by atoms with Gasteiger partial charge in [0.15, 0.2) is 5.13 Å². The van der Waals surface area contributed by atoms with E-state index in [1.807, 2.05) is 13.8 Å². The van der Waals surface area contributed by atoms with E-state index in [0.29, 0.717) is 11.7 Å². The molecule has 0 spiro atoms. The molecule has 0 aliphatic carbocycles. The molecule has 0 aliphatic rings. The first kappa shape index (κ1) is 13.4. The van der Waals surface area contributed by atoms with Crippen molar-refractivity contribution in [3.63, 3.8) is 0 Å². The molecule has 1 amide bonds. The van der Waals surface area contributed by atoms with E-state index in [-0.39, 0.29) is 17.2 Å². The SMILES string of the molecule is CCn1nc(C(=O)Nc2nc(C)c(C)s2)ccc1=O. The van der Waals surface area contributed by atoms with Gasteiger partial charge in [0.25, 0.3) is 11.5 Å². The van der Waals surface area contributed by atoms with Crippen LogP contribution in [0.15, 0.2) is 16.9 Å². The van der Waals surface area contributed by atoms with Crippen molar-refractivity contribution in [2.24, 2.45) is 0 Å². The summed E-state index contributed by atoms with van der Waals surface area (Å²) in [6, 6.07) is 2.75. The van der Waals surface area contributed by atoms with Crippen LogP contribution in [0, 0.1) is 13.8 Å². The fourth-order valence-electron chi connectivity index (χ4n) is 1.48. The van der Waals surface area contributed by atoms with Crippen molar-refractivity contribution in [2.75, 3.05) is 5.32 Å². The zero-order chi connectivity index (χ0) is 14.0. The number of anilines is 1. The number of nitrogens with one attached hydrogen (secondary N) is 1. The summed E-state index contributed by atoms with van der Waals surface area (Å²) in [5.41, 5.74) is 0.874. The quantitative estimate of drug-likeness (QED) is 0.925. The fraction of sp³-hybridized carbons (Fsp3) is 0.333. The Balaban J connectivity index is 2.22. The van der Waals surface area contributed by atoms with E-state index in [2.05, 4.69) is 15.4 Å². The molecular formula is C12H14N4O2S. The summed E-state index contributed by atoms with van der Waals surface area (Å²) in [6.07, 6.45) is 0. The van der Waals surface area contributed by atoms with Gasteiger partial charge in [0.05, 0.1) is 5.69 Å². The molecule has 0 radical (unpaired) electrons. The predicted octanol–water partition coefficient (Wildman–Crippen LogP) is 1.59. The first-order valence-electron chi connectivity index (χ1n) is 5.84. The van der Waals surface area contributed by atoms with Crippen LogP contribution in [0.4, 0.5) is 5.13 Å². The molecular weight excluding hydrogens is 264 g/mol. The number of nitrogens with zero attached hydrogens (tertiary/aromatic N) is 3. The molecule has 100 valence electrons. The van der Waals surface area contributed by atoms with Crippen LogP contribution in [0.25, 0.3) is 0 Å². The van der Waals surface area contributed by atoms with E-state index in [0.717, 1.165) is 10.6 Å². The Bertz CT molecular complexity index is 655. The summed E-state index contributed by atoms with van der Waals surface area (Å²) in [7, 11) is 0. The molecule has 2 heterocycles. The van der Waals surface area contributed by atoms with Gasteiger partial charge in [-0.3, -0.25) is 14.9 Å². The van der Waals surface area contributed by atoms with E-state index in [1.165, 1.54) is 28.2 Å². The van der Waals surface area contributed by atoms with E-state index in [9.17, 15) is 9.59 Å². The third-order valence-electron chi connectivity index (χ3n) is 2.65. The third kappa shape index (κ3) is 2.87. The maximum Gasteiger partial charge on any atom is 0.277 e. The number of carbonyl (C=O) groups excluding carboxylic acids is 1. The summed E-state index contributed by atoms with van der Waals surface area (Å²) in [5, 5.41) is 7.20. The topological polar surface area (TPSA) is 76.9 Å². The zero-order valence-corrected chi connectivity index (χ0v) is 11.7. The zero-order valence-electron chi connectivity index (χ0n) is 10.9. The van der Waals surface area contributed by atoms with Crippen LogP contribution in [-0.2, 0) is 6.54 Å². The molecule has 2 rings (SSSR count). The summed E-state index contributed by atoms with van der Waals surface area (Å²) < 4.78 is 1.24. The summed E-state index contributed by atoms with van der Waals surface area (Å²) >= 11 is 1.41. The minimum absolute atomic E-state index is 0.201. The molecule has 19 heavy (non-hydrogen) atoms. The van der Waals surface area contributed by atoms with Gasteiger partial charge in [0.2, 0.25) is 0 Å². The smallest absolute Gasteiger partial charge is 0.277 e. The normalized spacial score (nSPS) is 10.5. The van der Waals surface area contributed by atoms with Crippen molar-refractivity contribution in [1.29, 1.82) is 0 Å². The highest BCUT2D eigenvalue weighted by Gasteiger charge is 2.12. The minimum Gasteiger partial charge on any atom is -0.296 e. The van der Waals surface area contributed by atoms with E-state index < -0.39 is 0 Å². The van der Waals surface area contributed by atoms with Gasteiger partial charge in [0, 0.05) is 17.5 Å². The third-order valence-corrected chi connectivity index (χ3v) is 3.64. The maximum atomic E-state index is 12.0. The van der Waals surface area contributed by atoms with E-state index in [4.69, 9.17) is 0 Å². The number of amides is 1. The number of thiazole rings is 1. The largest absolute Gasteiger partial charge is 0.296 e. The molecule has 0 aromatic carbocycles. The number of aryl methyl sites for hydroxylation is 3. The monoisotopic (exact) mass is 278 g/mol.